The van der Waals surface area contributed by atoms with Crippen LogP contribution in [0.4, 0.5) is 4.79 Å². The molecule has 3 amide bonds. The number of carbonyl (C=O) groups is 2. The summed E-state index contributed by atoms with van der Waals surface area (Å²) in [6.45, 7) is 6.70. The number of urea groups is 1. The van der Waals surface area contributed by atoms with Gasteiger partial charge in [0.2, 0.25) is 0 Å². The first-order valence-electron chi connectivity index (χ1n) is 11.7. The van der Waals surface area contributed by atoms with Gasteiger partial charge in [-0.2, -0.15) is 0 Å². The van der Waals surface area contributed by atoms with E-state index >= 15 is 0 Å². The fraction of sp³-hybridized carbons (Fsp3) is 0.538. The highest BCUT2D eigenvalue weighted by Gasteiger charge is 2.53. The topological polar surface area (TPSA) is 78.9 Å². The molecule has 1 atom stereocenters. The van der Waals surface area contributed by atoms with E-state index < -0.39 is 17.7 Å². The molecule has 32 heavy (non-hydrogen) atoms. The third kappa shape index (κ3) is 4.20. The van der Waals surface area contributed by atoms with Crippen LogP contribution in [0.25, 0.3) is 10.8 Å². The smallest absolute Gasteiger partial charge is 0.325 e. The number of nitrogens with zero attached hydrogens (tertiary/aromatic N) is 1. The predicted molar refractivity (Wildman–Crippen MR) is 124 cm³/mol. The van der Waals surface area contributed by atoms with Crippen LogP contribution in [0.2, 0.25) is 0 Å². The van der Waals surface area contributed by atoms with E-state index in [4.69, 9.17) is 4.74 Å². The van der Waals surface area contributed by atoms with Crippen molar-refractivity contribution in [1.29, 1.82) is 0 Å². The van der Waals surface area contributed by atoms with E-state index in [2.05, 4.69) is 26.1 Å². The summed E-state index contributed by atoms with van der Waals surface area (Å²) >= 11 is 0. The van der Waals surface area contributed by atoms with Gasteiger partial charge >= 0.3 is 6.03 Å². The van der Waals surface area contributed by atoms with E-state index in [1.54, 1.807) is 0 Å². The van der Waals surface area contributed by atoms with Gasteiger partial charge < -0.3 is 15.2 Å². The van der Waals surface area contributed by atoms with Crippen LogP contribution in [0.5, 0.6) is 5.75 Å². The summed E-state index contributed by atoms with van der Waals surface area (Å²) in [6, 6.07) is 13.2. The Morgan fingerprint density at radius 3 is 2.56 bits per heavy atom. The van der Waals surface area contributed by atoms with E-state index in [-0.39, 0.29) is 24.5 Å². The number of ether oxygens (including phenoxy) is 1. The van der Waals surface area contributed by atoms with Crippen molar-refractivity contribution in [3.63, 3.8) is 0 Å². The number of hydrogen-bond donors (Lipinski definition) is 2. The summed E-state index contributed by atoms with van der Waals surface area (Å²) in [5.41, 5.74) is -0.574. The number of nitrogens with one attached hydrogen (secondary N) is 1. The number of hydrogen-bond acceptors (Lipinski definition) is 4. The minimum absolute atomic E-state index is 0.00479. The second kappa shape index (κ2) is 8.74. The SMILES string of the molecule is CCC(C)(C)C1CCC2(CC1)NC(=O)N(CC(O)COc1cccc3ccccc13)C2=O. The lowest BCUT2D eigenvalue weighted by Gasteiger charge is -2.42. The summed E-state index contributed by atoms with van der Waals surface area (Å²) in [5.74, 6) is 1.02. The van der Waals surface area contributed by atoms with Crippen LogP contribution in [0.3, 0.4) is 0 Å². The number of aliphatic hydroxyl groups is 1. The van der Waals surface area contributed by atoms with Crippen molar-refractivity contribution in [2.45, 2.75) is 64.5 Å². The van der Waals surface area contributed by atoms with Gasteiger partial charge in [0.1, 0.15) is 24.0 Å². The van der Waals surface area contributed by atoms with Crippen LogP contribution >= 0.6 is 0 Å². The highest BCUT2D eigenvalue weighted by Crippen LogP contribution is 2.45. The average Bonchev–Trinajstić information content (AvgIpc) is 3.01. The van der Waals surface area contributed by atoms with Gasteiger partial charge in [-0.1, -0.05) is 63.6 Å². The molecule has 1 aliphatic heterocycles. The number of aliphatic hydroxyl groups excluding tert-OH is 1. The Balaban J connectivity index is 1.36. The van der Waals surface area contributed by atoms with Crippen LogP contribution in [0, 0.1) is 11.3 Å². The molecule has 0 bridgehead atoms. The van der Waals surface area contributed by atoms with E-state index in [1.807, 2.05) is 42.5 Å². The largest absolute Gasteiger partial charge is 0.490 e. The van der Waals surface area contributed by atoms with Crippen molar-refractivity contribution in [2.75, 3.05) is 13.2 Å². The fourth-order valence-electron chi connectivity index (χ4n) is 5.13. The van der Waals surface area contributed by atoms with E-state index in [0.29, 0.717) is 24.5 Å². The molecule has 0 aromatic heterocycles. The van der Waals surface area contributed by atoms with Crippen molar-refractivity contribution in [3.8, 4) is 5.75 Å². The molecular weight excluding hydrogens is 404 g/mol. The molecule has 6 nitrogen and oxygen atoms in total. The van der Waals surface area contributed by atoms with Crippen LogP contribution in [0.15, 0.2) is 42.5 Å². The average molecular weight is 439 g/mol. The molecule has 1 heterocycles. The first kappa shape index (κ1) is 22.6. The molecule has 2 aliphatic rings. The van der Waals surface area contributed by atoms with Crippen molar-refractivity contribution in [3.05, 3.63) is 42.5 Å². The normalized spacial score (nSPS) is 24.8. The third-order valence-electron chi connectivity index (χ3n) is 7.68. The van der Waals surface area contributed by atoms with Gasteiger partial charge in [-0.3, -0.25) is 9.69 Å². The zero-order valence-corrected chi connectivity index (χ0v) is 19.3. The van der Waals surface area contributed by atoms with Gasteiger partial charge in [0.05, 0.1) is 6.54 Å². The first-order valence-corrected chi connectivity index (χ1v) is 11.7. The maximum Gasteiger partial charge on any atom is 0.325 e. The van der Waals surface area contributed by atoms with Gasteiger partial charge in [-0.15, -0.1) is 0 Å². The van der Waals surface area contributed by atoms with Gasteiger partial charge in [0.15, 0.2) is 0 Å². The zero-order valence-electron chi connectivity index (χ0n) is 19.3. The number of fused-ring (bicyclic) bond motifs is 1. The van der Waals surface area contributed by atoms with Crippen molar-refractivity contribution >= 4 is 22.7 Å². The monoisotopic (exact) mass is 438 g/mol. The zero-order chi connectivity index (χ0) is 22.9. The molecule has 2 aromatic rings. The Bertz CT molecular complexity index is 989. The molecule has 1 saturated heterocycles. The van der Waals surface area contributed by atoms with Gasteiger partial charge in [-0.25, -0.2) is 4.79 Å². The van der Waals surface area contributed by atoms with Crippen molar-refractivity contribution < 1.29 is 19.4 Å². The van der Waals surface area contributed by atoms with Crippen LogP contribution in [-0.2, 0) is 4.79 Å². The molecule has 1 saturated carbocycles. The molecule has 2 fully saturated rings. The van der Waals surface area contributed by atoms with Crippen LogP contribution in [-0.4, -0.2) is 46.7 Å². The number of carbonyl (C=O) groups excluding carboxylic acids is 2. The Morgan fingerprint density at radius 1 is 1.16 bits per heavy atom. The lowest BCUT2D eigenvalue weighted by Crippen LogP contribution is -2.51. The maximum atomic E-state index is 13.2. The number of rotatable bonds is 7. The highest BCUT2D eigenvalue weighted by molar-refractivity contribution is 6.07. The quantitative estimate of drug-likeness (QED) is 0.624. The van der Waals surface area contributed by atoms with Crippen molar-refractivity contribution in [1.82, 2.24) is 10.2 Å². The predicted octanol–water partition coefficient (Wildman–Crippen LogP) is 4.50. The Hall–Kier alpha value is -2.60. The lowest BCUT2D eigenvalue weighted by atomic mass is 9.65. The number of benzene rings is 2. The van der Waals surface area contributed by atoms with E-state index in [9.17, 15) is 14.7 Å². The maximum absolute atomic E-state index is 13.2. The van der Waals surface area contributed by atoms with Crippen LogP contribution in [0.1, 0.15) is 52.9 Å². The Morgan fingerprint density at radius 2 is 1.84 bits per heavy atom. The number of amides is 3. The molecular formula is C26H34N2O4. The molecule has 2 N–H and O–H groups in total. The first-order chi connectivity index (χ1) is 15.3. The fourth-order valence-corrected chi connectivity index (χ4v) is 5.13. The second-order valence-corrected chi connectivity index (χ2v) is 9.99. The highest BCUT2D eigenvalue weighted by atomic mass is 16.5. The molecule has 1 unspecified atom stereocenters. The van der Waals surface area contributed by atoms with Gasteiger partial charge in [0.25, 0.3) is 5.91 Å². The van der Waals surface area contributed by atoms with Crippen molar-refractivity contribution in [2.24, 2.45) is 11.3 Å². The summed E-state index contributed by atoms with van der Waals surface area (Å²) in [5, 5.41) is 15.5. The lowest BCUT2D eigenvalue weighted by molar-refractivity contribution is -0.134. The van der Waals surface area contributed by atoms with E-state index in [1.165, 1.54) is 4.90 Å². The van der Waals surface area contributed by atoms with Crippen LogP contribution < -0.4 is 10.1 Å². The summed E-state index contributed by atoms with van der Waals surface area (Å²) < 4.78 is 5.84. The molecule has 1 spiro atoms. The minimum Gasteiger partial charge on any atom is -0.490 e. The molecule has 4 rings (SSSR count). The Labute approximate surface area is 189 Å². The standard InChI is InChI=1S/C26H34N2O4/c1-4-25(2,3)19-12-14-26(15-13-19)23(30)28(24(31)27-26)16-20(29)17-32-22-11-7-9-18-8-5-6-10-21(18)22/h5-11,19-20,29H,4,12-17H2,1-3H3,(H,27,31). The minimum atomic E-state index is -0.964. The third-order valence-corrected chi connectivity index (χ3v) is 7.68. The number of imide groups is 1. The van der Waals surface area contributed by atoms with Gasteiger partial charge in [0, 0.05) is 5.39 Å². The van der Waals surface area contributed by atoms with Gasteiger partial charge in [-0.05, 0) is 48.5 Å². The second-order valence-electron chi connectivity index (χ2n) is 9.99. The van der Waals surface area contributed by atoms with E-state index in [0.717, 1.165) is 30.0 Å². The molecule has 2 aromatic carbocycles. The molecule has 172 valence electrons. The Kier molecular flexibility index (Phi) is 6.17. The molecule has 1 aliphatic carbocycles. The molecule has 0 radical (unpaired) electrons. The molecule has 6 heteroatoms. The summed E-state index contributed by atoms with van der Waals surface area (Å²) in [7, 11) is 0. The summed E-state index contributed by atoms with van der Waals surface area (Å²) in [6.07, 6.45) is 3.30. The summed E-state index contributed by atoms with van der Waals surface area (Å²) in [4.78, 5) is 27.0. The number of β-amino-alcohol motifs (C(OH)–C–C–N with tert-alkyl or cyclic N) is 1.